The van der Waals surface area contributed by atoms with E-state index in [1.54, 1.807) is 5.56 Å². The van der Waals surface area contributed by atoms with Gasteiger partial charge in [-0.3, -0.25) is 0 Å². The van der Waals surface area contributed by atoms with Crippen molar-refractivity contribution in [3.05, 3.63) is 29.3 Å². The summed E-state index contributed by atoms with van der Waals surface area (Å²) >= 11 is 0. The fourth-order valence-corrected chi connectivity index (χ4v) is 4.76. The first-order valence-electron chi connectivity index (χ1n) is 8.94. The van der Waals surface area contributed by atoms with E-state index in [9.17, 15) is 5.11 Å². The number of hydrogen-bond donors (Lipinski definition) is 1. The van der Waals surface area contributed by atoms with Crippen molar-refractivity contribution in [1.29, 1.82) is 0 Å². The fraction of sp³-hybridized carbons (Fsp3) is 0.700. The molecule has 3 atom stereocenters. The van der Waals surface area contributed by atoms with Crippen LogP contribution in [-0.4, -0.2) is 5.11 Å². The molecule has 0 heterocycles. The number of phenols is 1. The Balaban J connectivity index is 1.77. The second kappa shape index (κ2) is 6.02. The molecule has 0 spiro atoms. The quantitative estimate of drug-likeness (QED) is 0.693. The highest BCUT2D eigenvalue weighted by molar-refractivity contribution is 5.40. The molecule has 1 aromatic carbocycles. The summed E-state index contributed by atoms with van der Waals surface area (Å²) in [5.74, 6) is 2.09. The summed E-state index contributed by atoms with van der Waals surface area (Å²) in [5, 5.41) is 9.74. The van der Waals surface area contributed by atoms with E-state index in [4.69, 9.17) is 0 Å². The Labute approximate surface area is 129 Å². The summed E-state index contributed by atoms with van der Waals surface area (Å²) in [5.41, 5.74) is 3.46. The highest BCUT2D eigenvalue weighted by Crippen LogP contribution is 2.55. The van der Waals surface area contributed by atoms with Crippen LogP contribution in [0.1, 0.15) is 82.3 Å². The summed E-state index contributed by atoms with van der Waals surface area (Å²) in [6.45, 7) is 4.80. The number of rotatable bonds is 4. The summed E-state index contributed by atoms with van der Waals surface area (Å²) < 4.78 is 0. The van der Waals surface area contributed by atoms with Gasteiger partial charge in [0.05, 0.1) is 0 Å². The van der Waals surface area contributed by atoms with Gasteiger partial charge >= 0.3 is 0 Å². The van der Waals surface area contributed by atoms with Crippen LogP contribution in [0, 0.1) is 11.3 Å². The Morgan fingerprint density at radius 1 is 1.24 bits per heavy atom. The average molecular weight is 286 g/mol. The maximum absolute atomic E-state index is 9.74. The lowest BCUT2D eigenvalue weighted by Gasteiger charge is -2.48. The largest absolute Gasteiger partial charge is 0.508 e. The number of aryl methyl sites for hydroxylation is 1. The van der Waals surface area contributed by atoms with Crippen LogP contribution in [0.3, 0.4) is 0 Å². The van der Waals surface area contributed by atoms with Crippen molar-refractivity contribution in [3.8, 4) is 5.75 Å². The molecule has 0 saturated heterocycles. The van der Waals surface area contributed by atoms with Gasteiger partial charge in [-0.25, -0.2) is 0 Å². The molecule has 1 aromatic rings. The SMILES string of the molecule is CCCCC[C@@H]1CC[C@]2(C)CCc3cc(O)ccc3[C@H]2C1. The number of fused-ring (bicyclic) bond motifs is 3. The molecular formula is C20H30O. The molecule has 0 bridgehead atoms. The maximum Gasteiger partial charge on any atom is 0.115 e. The molecule has 116 valence electrons. The number of aromatic hydroxyl groups is 1. The van der Waals surface area contributed by atoms with Crippen molar-refractivity contribution in [2.75, 3.05) is 0 Å². The molecule has 0 aromatic heterocycles. The Kier molecular flexibility index (Phi) is 4.28. The molecule has 0 unspecified atom stereocenters. The van der Waals surface area contributed by atoms with E-state index in [1.165, 1.54) is 56.9 Å². The van der Waals surface area contributed by atoms with Crippen molar-refractivity contribution in [2.24, 2.45) is 11.3 Å². The highest BCUT2D eigenvalue weighted by Gasteiger charge is 2.43. The normalized spacial score (nSPS) is 31.5. The standard InChI is InChI=1S/C20H30O/c1-3-4-5-6-15-9-11-20(2)12-10-16-14-17(21)7-8-18(16)19(20)13-15/h7-8,14-15,19,21H,3-6,9-13H2,1-2H3/t15-,19-,20-/m1/s1. The van der Waals surface area contributed by atoms with Crippen molar-refractivity contribution >= 4 is 0 Å². The van der Waals surface area contributed by atoms with Gasteiger partial charge in [-0.15, -0.1) is 0 Å². The zero-order valence-electron chi connectivity index (χ0n) is 13.7. The fourth-order valence-electron chi connectivity index (χ4n) is 4.76. The predicted octanol–water partition coefficient (Wildman–Crippen LogP) is 5.81. The molecule has 0 aliphatic heterocycles. The molecular weight excluding hydrogens is 256 g/mol. The topological polar surface area (TPSA) is 20.2 Å². The summed E-state index contributed by atoms with van der Waals surface area (Å²) in [4.78, 5) is 0. The molecule has 3 rings (SSSR count). The van der Waals surface area contributed by atoms with Crippen LogP contribution >= 0.6 is 0 Å². The van der Waals surface area contributed by atoms with Crippen LogP contribution in [0.15, 0.2) is 18.2 Å². The van der Waals surface area contributed by atoms with Gasteiger partial charge in [0.1, 0.15) is 5.75 Å². The predicted molar refractivity (Wildman–Crippen MR) is 88.8 cm³/mol. The lowest BCUT2D eigenvalue weighted by Crippen LogP contribution is -2.36. The molecule has 21 heavy (non-hydrogen) atoms. The monoisotopic (exact) mass is 286 g/mol. The highest BCUT2D eigenvalue weighted by atomic mass is 16.3. The second-order valence-corrected chi connectivity index (χ2v) is 7.73. The van der Waals surface area contributed by atoms with Crippen LogP contribution in [-0.2, 0) is 6.42 Å². The Morgan fingerprint density at radius 2 is 2.10 bits per heavy atom. The van der Waals surface area contributed by atoms with E-state index in [1.807, 2.05) is 12.1 Å². The lowest BCUT2D eigenvalue weighted by molar-refractivity contribution is 0.107. The van der Waals surface area contributed by atoms with Gasteiger partial charge < -0.3 is 5.11 Å². The minimum absolute atomic E-state index is 0.438. The zero-order valence-corrected chi connectivity index (χ0v) is 13.7. The lowest BCUT2D eigenvalue weighted by atomic mass is 9.56. The number of phenolic OH excluding ortho intramolecular Hbond substituents is 1. The third-order valence-corrected chi connectivity index (χ3v) is 6.22. The summed E-state index contributed by atoms with van der Waals surface area (Å²) in [6.07, 6.45) is 12.2. The van der Waals surface area contributed by atoms with E-state index in [-0.39, 0.29) is 0 Å². The summed E-state index contributed by atoms with van der Waals surface area (Å²) in [6, 6.07) is 6.11. The Bertz CT molecular complexity index is 493. The van der Waals surface area contributed by atoms with E-state index in [0.29, 0.717) is 11.2 Å². The molecule has 2 aliphatic carbocycles. The van der Waals surface area contributed by atoms with Gasteiger partial charge in [0.2, 0.25) is 0 Å². The van der Waals surface area contributed by atoms with Crippen LogP contribution < -0.4 is 0 Å². The average Bonchev–Trinajstić information content (AvgIpc) is 2.48. The van der Waals surface area contributed by atoms with E-state index < -0.39 is 0 Å². The molecule has 2 aliphatic rings. The Hall–Kier alpha value is -0.980. The van der Waals surface area contributed by atoms with Gasteiger partial charge in [0.15, 0.2) is 0 Å². The minimum atomic E-state index is 0.438. The van der Waals surface area contributed by atoms with Crippen molar-refractivity contribution in [1.82, 2.24) is 0 Å². The van der Waals surface area contributed by atoms with Gasteiger partial charge in [0, 0.05) is 0 Å². The maximum atomic E-state index is 9.74. The second-order valence-electron chi connectivity index (χ2n) is 7.73. The molecule has 1 heteroatoms. The van der Waals surface area contributed by atoms with Crippen LogP contribution in [0.4, 0.5) is 0 Å². The first kappa shape index (κ1) is 14.9. The first-order chi connectivity index (χ1) is 10.1. The van der Waals surface area contributed by atoms with E-state index in [0.717, 1.165) is 18.3 Å². The van der Waals surface area contributed by atoms with Crippen molar-refractivity contribution < 1.29 is 5.11 Å². The van der Waals surface area contributed by atoms with E-state index in [2.05, 4.69) is 19.9 Å². The Morgan fingerprint density at radius 3 is 2.90 bits per heavy atom. The zero-order chi connectivity index (χ0) is 14.9. The van der Waals surface area contributed by atoms with Crippen LogP contribution in [0.25, 0.3) is 0 Å². The van der Waals surface area contributed by atoms with Crippen LogP contribution in [0.5, 0.6) is 5.75 Å². The van der Waals surface area contributed by atoms with Gasteiger partial charge in [0.25, 0.3) is 0 Å². The molecule has 1 saturated carbocycles. The molecule has 0 amide bonds. The molecule has 1 nitrogen and oxygen atoms in total. The molecule has 1 fully saturated rings. The third kappa shape index (κ3) is 2.98. The van der Waals surface area contributed by atoms with Gasteiger partial charge in [-0.2, -0.15) is 0 Å². The van der Waals surface area contributed by atoms with Crippen molar-refractivity contribution in [3.63, 3.8) is 0 Å². The number of unbranched alkanes of at least 4 members (excludes halogenated alkanes) is 2. The first-order valence-corrected chi connectivity index (χ1v) is 8.94. The molecule has 0 radical (unpaired) electrons. The van der Waals surface area contributed by atoms with Crippen molar-refractivity contribution in [2.45, 2.75) is 77.6 Å². The smallest absolute Gasteiger partial charge is 0.115 e. The summed E-state index contributed by atoms with van der Waals surface area (Å²) in [7, 11) is 0. The van der Waals surface area contributed by atoms with E-state index >= 15 is 0 Å². The number of benzene rings is 1. The number of hydrogen-bond acceptors (Lipinski definition) is 1. The molecule has 1 N–H and O–H groups in total. The van der Waals surface area contributed by atoms with Crippen LogP contribution in [0.2, 0.25) is 0 Å². The minimum Gasteiger partial charge on any atom is -0.508 e. The van der Waals surface area contributed by atoms with Gasteiger partial charge in [-0.05, 0) is 72.6 Å². The third-order valence-electron chi connectivity index (χ3n) is 6.22. The van der Waals surface area contributed by atoms with Gasteiger partial charge in [-0.1, -0.05) is 45.6 Å².